The number of pyridine rings is 1. The zero-order chi connectivity index (χ0) is 25.8. The molecule has 0 aliphatic rings. The van der Waals surface area contributed by atoms with Crippen molar-refractivity contribution in [2.75, 3.05) is 4.90 Å². The van der Waals surface area contributed by atoms with Crippen LogP contribution in [0.15, 0.2) is 144 Å². The summed E-state index contributed by atoms with van der Waals surface area (Å²) in [5.41, 5.74) is 9.22. The fourth-order valence-electron chi connectivity index (χ4n) is 5.70. The minimum Gasteiger partial charge on any atom is -0.454 e. The number of benzene rings is 5. The van der Waals surface area contributed by atoms with Crippen LogP contribution in [0.5, 0.6) is 0 Å². The number of furan rings is 1. The van der Waals surface area contributed by atoms with Gasteiger partial charge in [-0.2, -0.15) is 0 Å². The van der Waals surface area contributed by atoms with Crippen molar-refractivity contribution in [3.8, 4) is 5.69 Å². The van der Waals surface area contributed by atoms with E-state index < -0.39 is 0 Å². The van der Waals surface area contributed by atoms with Gasteiger partial charge in [0.25, 0.3) is 0 Å². The van der Waals surface area contributed by atoms with Gasteiger partial charge in [-0.15, -0.1) is 0 Å². The van der Waals surface area contributed by atoms with E-state index in [0.717, 1.165) is 44.8 Å². The fraction of sp³-hybridized carbons (Fsp3) is 0. The van der Waals surface area contributed by atoms with E-state index in [4.69, 9.17) is 4.42 Å². The highest BCUT2D eigenvalue weighted by Gasteiger charge is 2.17. The van der Waals surface area contributed by atoms with Crippen molar-refractivity contribution in [2.24, 2.45) is 0 Å². The van der Waals surface area contributed by atoms with Crippen molar-refractivity contribution in [3.63, 3.8) is 0 Å². The number of anilines is 3. The van der Waals surface area contributed by atoms with Gasteiger partial charge in [-0.1, -0.05) is 54.6 Å². The Hall–Kier alpha value is -5.35. The van der Waals surface area contributed by atoms with Crippen molar-refractivity contribution in [1.29, 1.82) is 0 Å². The van der Waals surface area contributed by atoms with E-state index in [2.05, 4.69) is 130 Å². The zero-order valence-electron chi connectivity index (χ0n) is 21.0. The molecule has 4 heteroatoms. The van der Waals surface area contributed by atoms with Crippen molar-refractivity contribution < 1.29 is 4.42 Å². The average Bonchev–Trinajstić information content (AvgIpc) is 3.54. The Balaban J connectivity index is 1.28. The lowest BCUT2D eigenvalue weighted by atomic mass is 10.1. The maximum atomic E-state index is 6.17. The average molecular weight is 502 g/mol. The molecule has 0 N–H and O–H groups in total. The van der Waals surface area contributed by atoms with E-state index in [0.29, 0.717) is 0 Å². The molecule has 4 nitrogen and oxygen atoms in total. The molecule has 0 saturated heterocycles. The third-order valence-corrected chi connectivity index (χ3v) is 7.43. The molecule has 0 atom stereocenters. The molecule has 0 amide bonds. The van der Waals surface area contributed by atoms with Crippen LogP contribution in [-0.2, 0) is 0 Å². The summed E-state index contributed by atoms with van der Waals surface area (Å²) < 4.78 is 8.51. The SMILES string of the molecule is c1ccc(N(c2ccc(-n3c4ccccc4c4ccccc43)cc2)c2ccc3c(c2)oc2cccnc23)cc1. The van der Waals surface area contributed by atoms with Gasteiger partial charge < -0.3 is 13.9 Å². The second kappa shape index (κ2) is 8.61. The van der Waals surface area contributed by atoms with Crippen LogP contribution >= 0.6 is 0 Å². The van der Waals surface area contributed by atoms with E-state index in [1.807, 2.05) is 18.2 Å². The molecule has 3 aromatic heterocycles. The topological polar surface area (TPSA) is 34.2 Å². The van der Waals surface area contributed by atoms with Crippen LogP contribution in [-0.4, -0.2) is 9.55 Å². The first kappa shape index (κ1) is 21.7. The van der Waals surface area contributed by atoms with Crippen molar-refractivity contribution in [2.45, 2.75) is 0 Å². The van der Waals surface area contributed by atoms with Gasteiger partial charge in [0.2, 0.25) is 0 Å². The lowest BCUT2D eigenvalue weighted by molar-refractivity contribution is 0.668. The van der Waals surface area contributed by atoms with E-state index in [1.54, 1.807) is 6.20 Å². The van der Waals surface area contributed by atoms with Gasteiger partial charge >= 0.3 is 0 Å². The van der Waals surface area contributed by atoms with Crippen molar-refractivity contribution >= 4 is 60.9 Å². The van der Waals surface area contributed by atoms with Crippen molar-refractivity contribution in [3.05, 3.63) is 140 Å². The first-order chi connectivity index (χ1) is 19.3. The van der Waals surface area contributed by atoms with Crippen LogP contribution in [0, 0.1) is 0 Å². The fourth-order valence-corrected chi connectivity index (χ4v) is 5.70. The second-order valence-electron chi connectivity index (χ2n) is 9.69. The van der Waals surface area contributed by atoms with Crippen LogP contribution < -0.4 is 4.90 Å². The maximum absolute atomic E-state index is 6.17. The standard InChI is InChI=1S/C35H23N3O/c1-2-9-24(10-3-1)37(27-20-21-30-34(23-27)39-33-15-8-22-36-35(30)33)25-16-18-26(19-17-25)38-31-13-6-4-11-28(31)29-12-5-7-14-32(29)38/h1-23H. The van der Waals surface area contributed by atoms with Crippen LogP contribution in [0.4, 0.5) is 17.1 Å². The highest BCUT2D eigenvalue weighted by Crippen LogP contribution is 2.39. The Kier molecular flexibility index (Phi) is 4.79. The van der Waals surface area contributed by atoms with Gasteiger partial charge in [0.05, 0.1) is 11.0 Å². The molecule has 5 aromatic carbocycles. The predicted molar refractivity (Wildman–Crippen MR) is 161 cm³/mol. The minimum absolute atomic E-state index is 0.798. The van der Waals surface area contributed by atoms with Crippen LogP contribution in [0.3, 0.4) is 0 Å². The third kappa shape index (κ3) is 3.42. The smallest absolute Gasteiger partial charge is 0.153 e. The lowest BCUT2D eigenvalue weighted by Crippen LogP contribution is -2.09. The molecule has 0 saturated carbocycles. The first-order valence-electron chi connectivity index (χ1n) is 13.1. The zero-order valence-corrected chi connectivity index (χ0v) is 21.0. The van der Waals surface area contributed by atoms with Gasteiger partial charge in [-0.05, 0) is 72.8 Å². The van der Waals surface area contributed by atoms with E-state index in [1.165, 1.54) is 21.8 Å². The van der Waals surface area contributed by atoms with Crippen LogP contribution in [0.25, 0.3) is 49.6 Å². The number of hydrogen-bond donors (Lipinski definition) is 0. The molecule has 0 aliphatic carbocycles. The molecule has 0 fully saturated rings. The summed E-state index contributed by atoms with van der Waals surface area (Å²) in [6, 6.07) is 46.6. The summed E-state index contributed by atoms with van der Waals surface area (Å²) in [6.07, 6.45) is 1.81. The number of rotatable bonds is 4. The molecule has 3 heterocycles. The quantitative estimate of drug-likeness (QED) is 0.241. The van der Waals surface area contributed by atoms with E-state index in [-0.39, 0.29) is 0 Å². The third-order valence-electron chi connectivity index (χ3n) is 7.43. The van der Waals surface area contributed by atoms with Gasteiger partial charge in [0.1, 0.15) is 11.1 Å². The Morgan fingerprint density at radius 3 is 1.90 bits per heavy atom. The molecular weight excluding hydrogens is 478 g/mol. The summed E-state index contributed by atoms with van der Waals surface area (Å²) in [7, 11) is 0. The normalized spacial score (nSPS) is 11.6. The summed E-state index contributed by atoms with van der Waals surface area (Å²) in [4.78, 5) is 6.79. The monoisotopic (exact) mass is 501 g/mol. The maximum Gasteiger partial charge on any atom is 0.153 e. The first-order valence-corrected chi connectivity index (χ1v) is 13.1. The number of aromatic nitrogens is 2. The van der Waals surface area contributed by atoms with Crippen LogP contribution in [0.1, 0.15) is 0 Å². The molecule has 0 bridgehead atoms. The Morgan fingerprint density at radius 2 is 1.15 bits per heavy atom. The van der Waals surface area contributed by atoms with E-state index >= 15 is 0 Å². The number of para-hydroxylation sites is 3. The predicted octanol–water partition coefficient (Wildman–Crippen LogP) is 9.55. The van der Waals surface area contributed by atoms with Gasteiger partial charge in [-0.25, -0.2) is 0 Å². The van der Waals surface area contributed by atoms with Gasteiger partial charge in [0, 0.05) is 51.2 Å². The Morgan fingerprint density at radius 1 is 0.513 bits per heavy atom. The number of fused-ring (bicyclic) bond motifs is 6. The summed E-state index contributed by atoms with van der Waals surface area (Å²) in [6.45, 7) is 0. The largest absolute Gasteiger partial charge is 0.454 e. The van der Waals surface area contributed by atoms with Gasteiger partial charge in [-0.3, -0.25) is 4.98 Å². The Bertz CT molecular complexity index is 2070. The lowest BCUT2D eigenvalue weighted by Gasteiger charge is -2.25. The highest BCUT2D eigenvalue weighted by molar-refractivity contribution is 6.09. The summed E-state index contributed by atoms with van der Waals surface area (Å²) >= 11 is 0. The molecule has 184 valence electrons. The highest BCUT2D eigenvalue weighted by atomic mass is 16.3. The molecule has 0 aliphatic heterocycles. The molecule has 39 heavy (non-hydrogen) atoms. The van der Waals surface area contributed by atoms with Gasteiger partial charge in [0.15, 0.2) is 5.58 Å². The molecule has 0 radical (unpaired) electrons. The van der Waals surface area contributed by atoms with Crippen molar-refractivity contribution in [1.82, 2.24) is 9.55 Å². The molecule has 8 aromatic rings. The minimum atomic E-state index is 0.798. The Labute approximate surface area is 225 Å². The number of nitrogens with zero attached hydrogens (tertiary/aromatic N) is 3. The number of hydrogen-bond acceptors (Lipinski definition) is 3. The molecule has 0 spiro atoms. The second-order valence-corrected chi connectivity index (χ2v) is 9.69. The molecule has 8 rings (SSSR count). The van der Waals surface area contributed by atoms with Crippen LogP contribution in [0.2, 0.25) is 0 Å². The molecule has 0 unspecified atom stereocenters. The summed E-state index contributed by atoms with van der Waals surface area (Å²) in [5, 5.41) is 3.54. The molecular formula is C35H23N3O. The summed E-state index contributed by atoms with van der Waals surface area (Å²) in [5.74, 6) is 0. The van der Waals surface area contributed by atoms with E-state index in [9.17, 15) is 0 Å².